The lowest BCUT2D eigenvalue weighted by Crippen LogP contribution is -2.50. The average molecular weight is 235 g/mol. The first kappa shape index (κ1) is 13.4. The van der Waals surface area contributed by atoms with Crippen molar-refractivity contribution in [3.63, 3.8) is 0 Å². The lowest BCUT2D eigenvalue weighted by molar-refractivity contribution is -0.153. The van der Waals surface area contributed by atoms with Crippen molar-refractivity contribution >= 4 is 12.3 Å². The number of nitrogens with two attached hydrogens (primary N) is 1. The molecule has 0 aliphatic rings. The molecule has 1 atom stereocenters. The van der Waals surface area contributed by atoms with Crippen LogP contribution in [0.15, 0.2) is 30.3 Å². The zero-order chi connectivity index (χ0) is 12.7. The minimum absolute atomic E-state index is 0.135. The molecule has 4 nitrogen and oxygen atoms in total. The van der Waals surface area contributed by atoms with Crippen molar-refractivity contribution in [3.8, 4) is 0 Å². The lowest BCUT2D eigenvalue weighted by Gasteiger charge is -2.20. The zero-order valence-electron chi connectivity index (χ0n) is 9.89. The maximum absolute atomic E-state index is 11.7. The molecule has 0 aliphatic carbocycles. The maximum atomic E-state index is 11.7. The summed E-state index contributed by atoms with van der Waals surface area (Å²) in [5.74, 6) is -0.668. The van der Waals surface area contributed by atoms with Gasteiger partial charge < -0.3 is 15.3 Å². The van der Waals surface area contributed by atoms with Crippen LogP contribution in [0.1, 0.15) is 25.3 Å². The number of hydrogen-bond acceptors (Lipinski definition) is 4. The summed E-state index contributed by atoms with van der Waals surface area (Å²) in [7, 11) is 0. The van der Waals surface area contributed by atoms with E-state index in [0.29, 0.717) is 19.1 Å². The van der Waals surface area contributed by atoms with Gasteiger partial charge in [-0.2, -0.15) is 0 Å². The van der Waals surface area contributed by atoms with Crippen LogP contribution in [-0.2, 0) is 20.9 Å². The Hall–Kier alpha value is -1.68. The molecule has 92 valence electrons. The van der Waals surface area contributed by atoms with E-state index in [-0.39, 0.29) is 6.61 Å². The predicted octanol–water partition coefficient (Wildman–Crippen LogP) is 1.43. The van der Waals surface area contributed by atoms with E-state index in [9.17, 15) is 9.59 Å². The molecule has 0 bridgehead atoms. The van der Waals surface area contributed by atoms with Crippen LogP contribution in [0.4, 0.5) is 0 Å². The van der Waals surface area contributed by atoms with Crippen molar-refractivity contribution in [3.05, 3.63) is 35.9 Å². The Kier molecular flexibility index (Phi) is 4.84. The Bertz CT molecular complexity index is 378. The van der Waals surface area contributed by atoms with Crippen molar-refractivity contribution in [2.24, 2.45) is 5.73 Å². The second kappa shape index (κ2) is 6.15. The van der Waals surface area contributed by atoms with Crippen molar-refractivity contribution in [1.82, 2.24) is 0 Å². The molecule has 1 aromatic rings. The van der Waals surface area contributed by atoms with Crippen LogP contribution >= 0.6 is 0 Å². The fourth-order valence-electron chi connectivity index (χ4n) is 1.48. The molecule has 0 aromatic heterocycles. The summed E-state index contributed by atoms with van der Waals surface area (Å²) in [6, 6.07) is 9.26. The number of carbonyl (C=O) groups is 2. The Morgan fingerprint density at radius 1 is 1.41 bits per heavy atom. The highest BCUT2D eigenvalue weighted by Crippen LogP contribution is 2.11. The normalized spacial score (nSPS) is 13.8. The number of aldehydes is 1. The SMILES string of the molecule is CCC[C@](N)(C=O)C(=O)OCc1ccccc1. The van der Waals surface area contributed by atoms with Gasteiger partial charge in [-0.05, 0) is 12.0 Å². The number of rotatable bonds is 6. The van der Waals surface area contributed by atoms with E-state index in [1.165, 1.54) is 0 Å². The summed E-state index contributed by atoms with van der Waals surface area (Å²) < 4.78 is 5.04. The first-order chi connectivity index (χ1) is 8.12. The highest BCUT2D eigenvalue weighted by atomic mass is 16.5. The molecule has 0 fully saturated rings. The molecule has 1 aromatic carbocycles. The smallest absolute Gasteiger partial charge is 0.333 e. The first-order valence-corrected chi connectivity index (χ1v) is 5.58. The van der Waals surface area contributed by atoms with Gasteiger partial charge in [0.2, 0.25) is 0 Å². The van der Waals surface area contributed by atoms with Crippen molar-refractivity contribution in [2.75, 3.05) is 0 Å². The summed E-state index contributed by atoms with van der Waals surface area (Å²) in [6.07, 6.45) is 1.41. The van der Waals surface area contributed by atoms with E-state index in [1.54, 1.807) is 0 Å². The highest BCUT2D eigenvalue weighted by molar-refractivity contribution is 5.97. The van der Waals surface area contributed by atoms with Crippen molar-refractivity contribution in [2.45, 2.75) is 31.9 Å². The number of esters is 1. The van der Waals surface area contributed by atoms with Gasteiger partial charge in [0.05, 0.1) is 0 Å². The fourth-order valence-corrected chi connectivity index (χ4v) is 1.48. The van der Waals surface area contributed by atoms with Crippen molar-refractivity contribution in [1.29, 1.82) is 0 Å². The average Bonchev–Trinajstić information content (AvgIpc) is 2.37. The van der Waals surface area contributed by atoms with Gasteiger partial charge in [0.1, 0.15) is 6.61 Å². The molecule has 0 unspecified atom stereocenters. The standard InChI is InChI=1S/C13H17NO3/c1-2-8-13(14,10-15)12(16)17-9-11-6-4-3-5-7-11/h3-7,10H,2,8-9,14H2,1H3/t13-/m0/s1. The van der Waals surface area contributed by atoms with E-state index < -0.39 is 11.5 Å². The second-order valence-corrected chi connectivity index (χ2v) is 3.97. The van der Waals surface area contributed by atoms with Gasteiger partial charge in [-0.15, -0.1) is 0 Å². The summed E-state index contributed by atoms with van der Waals surface area (Å²) in [6.45, 7) is 1.99. The fraction of sp³-hybridized carbons (Fsp3) is 0.385. The van der Waals surface area contributed by atoms with Crippen molar-refractivity contribution < 1.29 is 14.3 Å². The molecule has 4 heteroatoms. The van der Waals surface area contributed by atoms with Crippen LogP contribution in [0.5, 0.6) is 0 Å². The molecule has 0 saturated heterocycles. The minimum atomic E-state index is -1.51. The summed E-state index contributed by atoms with van der Waals surface area (Å²) in [4.78, 5) is 22.5. The first-order valence-electron chi connectivity index (χ1n) is 5.58. The molecular weight excluding hydrogens is 218 g/mol. The third-order valence-electron chi connectivity index (χ3n) is 2.47. The molecule has 0 aliphatic heterocycles. The number of benzene rings is 1. The number of ether oxygens (including phenoxy) is 1. The van der Waals surface area contributed by atoms with Crippen LogP contribution < -0.4 is 5.73 Å². The van der Waals surface area contributed by atoms with Gasteiger partial charge in [0.15, 0.2) is 11.8 Å². The molecular formula is C13H17NO3. The van der Waals surface area contributed by atoms with Gasteiger partial charge in [-0.25, -0.2) is 4.79 Å². The van der Waals surface area contributed by atoms with Crippen LogP contribution in [0.25, 0.3) is 0 Å². The third-order valence-corrected chi connectivity index (χ3v) is 2.47. The highest BCUT2D eigenvalue weighted by Gasteiger charge is 2.34. The largest absolute Gasteiger partial charge is 0.459 e. The predicted molar refractivity (Wildman–Crippen MR) is 64.1 cm³/mol. The molecule has 1 rings (SSSR count). The molecule has 0 amide bonds. The Labute approximate surface area is 101 Å². The molecule has 17 heavy (non-hydrogen) atoms. The van der Waals surface area contributed by atoms with Gasteiger partial charge in [0, 0.05) is 0 Å². The quantitative estimate of drug-likeness (QED) is 0.460. The maximum Gasteiger partial charge on any atom is 0.333 e. The Morgan fingerprint density at radius 3 is 2.59 bits per heavy atom. The van der Waals surface area contributed by atoms with Crippen LogP contribution in [0, 0.1) is 0 Å². The van der Waals surface area contributed by atoms with Gasteiger partial charge in [0.25, 0.3) is 0 Å². The van der Waals surface area contributed by atoms with E-state index in [0.717, 1.165) is 5.56 Å². The van der Waals surface area contributed by atoms with E-state index in [2.05, 4.69) is 0 Å². The Morgan fingerprint density at radius 2 is 2.06 bits per heavy atom. The van der Waals surface area contributed by atoms with Gasteiger partial charge in [-0.3, -0.25) is 0 Å². The topological polar surface area (TPSA) is 69.4 Å². The minimum Gasteiger partial charge on any atom is -0.459 e. The van der Waals surface area contributed by atoms with Gasteiger partial charge in [-0.1, -0.05) is 43.7 Å². The molecule has 0 heterocycles. The molecule has 0 radical (unpaired) electrons. The molecule has 2 N–H and O–H groups in total. The monoisotopic (exact) mass is 235 g/mol. The van der Waals surface area contributed by atoms with Crippen LogP contribution in [0.3, 0.4) is 0 Å². The van der Waals surface area contributed by atoms with Crippen LogP contribution in [-0.4, -0.2) is 17.8 Å². The van der Waals surface area contributed by atoms with Crippen LogP contribution in [0.2, 0.25) is 0 Å². The zero-order valence-corrected chi connectivity index (χ0v) is 9.89. The summed E-state index contributed by atoms with van der Waals surface area (Å²) >= 11 is 0. The third kappa shape index (κ3) is 3.67. The lowest BCUT2D eigenvalue weighted by atomic mass is 9.97. The van der Waals surface area contributed by atoms with E-state index in [4.69, 9.17) is 10.5 Å². The van der Waals surface area contributed by atoms with Gasteiger partial charge >= 0.3 is 5.97 Å². The summed E-state index contributed by atoms with van der Waals surface area (Å²) in [5.41, 5.74) is 5.03. The molecule has 0 spiro atoms. The summed E-state index contributed by atoms with van der Waals surface area (Å²) in [5, 5.41) is 0. The number of hydrogen-bond donors (Lipinski definition) is 1. The van der Waals surface area contributed by atoms with E-state index in [1.807, 2.05) is 37.3 Å². The molecule has 0 saturated carbocycles. The Balaban J connectivity index is 2.57. The number of carbonyl (C=O) groups excluding carboxylic acids is 2. The second-order valence-electron chi connectivity index (χ2n) is 3.97. The van der Waals surface area contributed by atoms with E-state index >= 15 is 0 Å².